The van der Waals surface area contributed by atoms with Gasteiger partial charge in [-0.05, 0) is 51.6 Å². The summed E-state index contributed by atoms with van der Waals surface area (Å²) in [7, 11) is 0. The summed E-state index contributed by atoms with van der Waals surface area (Å²) in [4.78, 5) is 0. The average Bonchev–Trinajstić information content (AvgIpc) is 3.41. The van der Waals surface area contributed by atoms with Crippen LogP contribution < -0.4 is 0 Å². The van der Waals surface area contributed by atoms with Crippen LogP contribution in [0.15, 0.2) is 144 Å². The van der Waals surface area contributed by atoms with Crippen molar-refractivity contribution in [1.29, 1.82) is 5.41 Å². The molecule has 0 aliphatic heterocycles. The summed E-state index contributed by atoms with van der Waals surface area (Å²) in [6.07, 6.45) is 1.43. The fraction of sp³-hybridized carbons (Fsp3) is 0. The first kappa shape index (κ1) is 22.9. The zero-order valence-electron chi connectivity index (χ0n) is 21.3. The molecule has 1 aromatic heterocycles. The van der Waals surface area contributed by atoms with Crippen molar-refractivity contribution in [2.75, 3.05) is 0 Å². The molecule has 0 radical (unpaired) electrons. The molecule has 0 saturated heterocycles. The zero-order chi connectivity index (χ0) is 26.2. The lowest BCUT2D eigenvalue weighted by molar-refractivity contribution is 0.671. The SMILES string of the molecule is N=Cc1ccc(-c2ccccc2-c2ccccc2)c2oc3c(-c4ccccc4)cc(-c4ccccc4)cc3c12. The van der Waals surface area contributed by atoms with E-state index in [9.17, 15) is 0 Å². The predicted molar refractivity (Wildman–Crippen MR) is 163 cm³/mol. The summed E-state index contributed by atoms with van der Waals surface area (Å²) in [5.74, 6) is 0. The Morgan fingerprint density at radius 1 is 0.436 bits per heavy atom. The number of fused-ring (bicyclic) bond motifs is 3. The van der Waals surface area contributed by atoms with Crippen molar-refractivity contribution < 1.29 is 4.42 Å². The monoisotopic (exact) mass is 499 g/mol. The first-order valence-electron chi connectivity index (χ1n) is 13.1. The summed E-state index contributed by atoms with van der Waals surface area (Å²) in [5, 5.41) is 10.2. The van der Waals surface area contributed by atoms with Crippen LogP contribution in [0, 0.1) is 5.41 Å². The van der Waals surface area contributed by atoms with Crippen LogP contribution in [0.3, 0.4) is 0 Å². The molecule has 2 heteroatoms. The second-order valence-electron chi connectivity index (χ2n) is 9.70. The fourth-order valence-corrected chi connectivity index (χ4v) is 5.56. The summed E-state index contributed by atoms with van der Waals surface area (Å²) in [5.41, 5.74) is 11.3. The Morgan fingerprint density at radius 3 is 1.64 bits per heavy atom. The van der Waals surface area contributed by atoms with Gasteiger partial charge in [-0.25, -0.2) is 0 Å². The van der Waals surface area contributed by atoms with E-state index >= 15 is 0 Å². The maximum absolute atomic E-state index is 8.26. The lowest BCUT2D eigenvalue weighted by Gasteiger charge is -2.11. The molecule has 184 valence electrons. The molecule has 1 N–H and O–H groups in total. The van der Waals surface area contributed by atoms with Gasteiger partial charge in [0.2, 0.25) is 0 Å². The molecule has 0 bridgehead atoms. The second kappa shape index (κ2) is 9.59. The molecule has 0 spiro atoms. The van der Waals surface area contributed by atoms with E-state index in [1.165, 1.54) is 6.21 Å². The van der Waals surface area contributed by atoms with Crippen molar-refractivity contribution in [1.82, 2.24) is 0 Å². The molecule has 0 amide bonds. The highest BCUT2D eigenvalue weighted by atomic mass is 16.3. The van der Waals surface area contributed by atoms with Crippen molar-refractivity contribution in [2.45, 2.75) is 0 Å². The van der Waals surface area contributed by atoms with Crippen LogP contribution in [-0.2, 0) is 0 Å². The molecule has 0 aliphatic rings. The van der Waals surface area contributed by atoms with Gasteiger partial charge in [-0.1, -0.05) is 121 Å². The van der Waals surface area contributed by atoms with Gasteiger partial charge in [0.05, 0.1) is 0 Å². The lowest BCUT2D eigenvalue weighted by atomic mass is 9.91. The Morgan fingerprint density at radius 2 is 1.00 bits per heavy atom. The van der Waals surface area contributed by atoms with Crippen LogP contribution in [0.25, 0.3) is 66.4 Å². The van der Waals surface area contributed by atoms with E-state index in [2.05, 4.69) is 115 Å². The number of benzene rings is 6. The molecule has 0 fully saturated rings. The second-order valence-corrected chi connectivity index (χ2v) is 9.70. The Balaban J connectivity index is 1.59. The molecule has 0 aliphatic carbocycles. The van der Waals surface area contributed by atoms with Gasteiger partial charge in [-0.15, -0.1) is 0 Å². The summed E-state index contributed by atoms with van der Waals surface area (Å²) < 4.78 is 6.84. The van der Waals surface area contributed by atoms with Crippen LogP contribution in [0.2, 0.25) is 0 Å². The van der Waals surface area contributed by atoms with Crippen LogP contribution in [0.5, 0.6) is 0 Å². The summed E-state index contributed by atoms with van der Waals surface area (Å²) in [6.45, 7) is 0. The number of hydrogen-bond acceptors (Lipinski definition) is 2. The molecule has 6 aromatic carbocycles. The van der Waals surface area contributed by atoms with Crippen molar-refractivity contribution in [3.63, 3.8) is 0 Å². The topological polar surface area (TPSA) is 37.0 Å². The van der Waals surface area contributed by atoms with E-state index in [0.29, 0.717) is 0 Å². The molecule has 7 aromatic rings. The van der Waals surface area contributed by atoms with Crippen molar-refractivity contribution in [3.05, 3.63) is 145 Å². The molecule has 7 rings (SSSR count). The quantitative estimate of drug-likeness (QED) is 0.235. The molecular weight excluding hydrogens is 474 g/mol. The maximum Gasteiger partial charge on any atom is 0.143 e. The predicted octanol–water partition coefficient (Wildman–Crippen LogP) is 10.3. The van der Waals surface area contributed by atoms with E-state index in [-0.39, 0.29) is 0 Å². The third kappa shape index (κ3) is 3.94. The minimum Gasteiger partial charge on any atom is -0.455 e. The highest BCUT2D eigenvalue weighted by Gasteiger charge is 2.21. The van der Waals surface area contributed by atoms with Crippen LogP contribution >= 0.6 is 0 Å². The molecule has 1 heterocycles. The third-order valence-electron chi connectivity index (χ3n) is 7.40. The van der Waals surface area contributed by atoms with Gasteiger partial charge in [0.25, 0.3) is 0 Å². The fourth-order valence-electron chi connectivity index (χ4n) is 5.56. The minimum atomic E-state index is 0.803. The highest BCUT2D eigenvalue weighted by Crippen LogP contribution is 2.44. The molecular formula is C37H25NO. The normalized spacial score (nSPS) is 11.2. The van der Waals surface area contributed by atoms with Crippen molar-refractivity contribution >= 4 is 28.2 Å². The Labute approximate surface area is 227 Å². The van der Waals surface area contributed by atoms with Crippen molar-refractivity contribution in [2.24, 2.45) is 0 Å². The van der Waals surface area contributed by atoms with Gasteiger partial charge in [0.1, 0.15) is 11.2 Å². The van der Waals surface area contributed by atoms with E-state index in [1.807, 2.05) is 24.3 Å². The number of hydrogen-bond donors (Lipinski definition) is 1. The summed E-state index contributed by atoms with van der Waals surface area (Å²) in [6, 6.07) is 48.3. The van der Waals surface area contributed by atoms with Gasteiger partial charge >= 0.3 is 0 Å². The smallest absolute Gasteiger partial charge is 0.143 e. The Bertz CT molecular complexity index is 1950. The van der Waals surface area contributed by atoms with Gasteiger partial charge in [-0.2, -0.15) is 0 Å². The Kier molecular flexibility index (Phi) is 5.64. The van der Waals surface area contributed by atoms with Gasteiger partial charge in [0.15, 0.2) is 0 Å². The first-order valence-corrected chi connectivity index (χ1v) is 13.1. The van der Waals surface area contributed by atoms with Gasteiger partial charge in [0, 0.05) is 33.7 Å². The van der Waals surface area contributed by atoms with Gasteiger partial charge < -0.3 is 9.83 Å². The zero-order valence-corrected chi connectivity index (χ0v) is 21.3. The molecule has 2 nitrogen and oxygen atoms in total. The van der Waals surface area contributed by atoms with E-state index < -0.39 is 0 Å². The van der Waals surface area contributed by atoms with Crippen molar-refractivity contribution in [3.8, 4) is 44.5 Å². The average molecular weight is 500 g/mol. The van der Waals surface area contributed by atoms with E-state index in [1.54, 1.807) is 0 Å². The molecule has 0 unspecified atom stereocenters. The van der Waals surface area contributed by atoms with Crippen LogP contribution in [0.4, 0.5) is 0 Å². The molecule has 39 heavy (non-hydrogen) atoms. The standard InChI is InChI=1S/C37H25NO/c38-24-28-20-21-32(31-19-11-10-18-30(31)26-14-6-2-7-15-26)37-35(28)34-23-29(25-12-4-1-5-13-25)22-33(36(34)39-37)27-16-8-3-9-17-27/h1-24,38H. The largest absolute Gasteiger partial charge is 0.455 e. The van der Waals surface area contributed by atoms with Crippen LogP contribution in [0.1, 0.15) is 5.56 Å². The maximum atomic E-state index is 8.26. The minimum absolute atomic E-state index is 0.803. The van der Waals surface area contributed by atoms with Crippen LogP contribution in [-0.4, -0.2) is 6.21 Å². The Hall–Kier alpha value is -5.21. The first-order chi connectivity index (χ1) is 19.3. The highest BCUT2D eigenvalue weighted by molar-refractivity contribution is 6.19. The lowest BCUT2D eigenvalue weighted by Crippen LogP contribution is -1.88. The number of furan rings is 1. The third-order valence-corrected chi connectivity index (χ3v) is 7.40. The molecule has 0 atom stereocenters. The summed E-state index contributed by atoms with van der Waals surface area (Å²) >= 11 is 0. The van der Waals surface area contributed by atoms with E-state index in [0.717, 1.165) is 72.0 Å². The van der Waals surface area contributed by atoms with Gasteiger partial charge in [-0.3, -0.25) is 0 Å². The van der Waals surface area contributed by atoms with E-state index in [4.69, 9.17) is 9.83 Å². The number of nitrogens with one attached hydrogen (secondary N) is 1. The molecule has 0 saturated carbocycles. The number of rotatable bonds is 5.